The van der Waals surface area contributed by atoms with Crippen LogP contribution in [-0.4, -0.2) is 27.3 Å². The SMILES string of the molecule is NC(=O)CCn1c(NC(=O)c2cccs2)nc2cc(NC(=O)C3CCCCC3)ccc21. The molecule has 162 valence electrons. The van der Waals surface area contributed by atoms with Crippen molar-refractivity contribution < 1.29 is 14.4 Å². The minimum Gasteiger partial charge on any atom is -0.370 e. The van der Waals surface area contributed by atoms with Gasteiger partial charge in [0.2, 0.25) is 17.8 Å². The number of fused-ring (bicyclic) bond motifs is 1. The van der Waals surface area contributed by atoms with Gasteiger partial charge in [-0.25, -0.2) is 4.98 Å². The normalized spacial score (nSPS) is 14.5. The highest BCUT2D eigenvalue weighted by atomic mass is 32.1. The number of aryl methyl sites for hydroxylation is 1. The van der Waals surface area contributed by atoms with Gasteiger partial charge >= 0.3 is 0 Å². The molecule has 2 aromatic heterocycles. The summed E-state index contributed by atoms with van der Waals surface area (Å²) < 4.78 is 1.76. The number of rotatable bonds is 7. The van der Waals surface area contributed by atoms with Gasteiger partial charge in [0.15, 0.2) is 0 Å². The van der Waals surface area contributed by atoms with Crippen molar-refractivity contribution in [2.75, 3.05) is 10.6 Å². The minimum absolute atomic E-state index is 0.0402. The zero-order valence-electron chi connectivity index (χ0n) is 17.1. The van der Waals surface area contributed by atoms with Gasteiger partial charge in [0.05, 0.1) is 15.9 Å². The van der Waals surface area contributed by atoms with Crippen LogP contribution in [0.2, 0.25) is 0 Å². The summed E-state index contributed by atoms with van der Waals surface area (Å²) in [4.78, 5) is 41.6. The Bertz CT molecular complexity index is 1100. The van der Waals surface area contributed by atoms with Gasteiger partial charge in [0.25, 0.3) is 5.91 Å². The fourth-order valence-corrected chi connectivity index (χ4v) is 4.55. The average molecular weight is 440 g/mol. The fourth-order valence-electron chi connectivity index (χ4n) is 3.93. The molecule has 1 aromatic carbocycles. The third kappa shape index (κ3) is 4.93. The number of aromatic nitrogens is 2. The summed E-state index contributed by atoms with van der Waals surface area (Å²) in [5.41, 5.74) is 7.36. The van der Waals surface area contributed by atoms with Gasteiger partial charge in [-0.1, -0.05) is 25.3 Å². The van der Waals surface area contributed by atoms with Crippen molar-refractivity contribution in [1.82, 2.24) is 9.55 Å². The van der Waals surface area contributed by atoms with Crippen LogP contribution in [-0.2, 0) is 16.1 Å². The number of primary amides is 1. The molecule has 31 heavy (non-hydrogen) atoms. The number of hydrogen-bond donors (Lipinski definition) is 3. The number of nitrogens with two attached hydrogens (primary N) is 1. The Morgan fingerprint density at radius 3 is 2.65 bits per heavy atom. The number of amides is 3. The average Bonchev–Trinajstić information content (AvgIpc) is 3.41. The summed E-state index contributed by atoms with van der Waals surface area (Å²) in [6.07, 6.45) is 5.35. The molecule has 0 atom stereocenters. The van der Waals surface area contributed by atoms with Crippen molar-refractivity contribution in [1.29, 1.82) is 0 Å². The third-order valence-electron chi connectivity index (χ3n) is 5.54. The van der Waals surface area contributed by atoms with Crippen LogP contribution in [0.4, 0.5) is 11.6 Å². The molecule has 1 saturated carbocycles. The number of benzene rings is 1. The van der Waals surface area contributed by atoms with E-state index in [0.717, 1.165) is 31.2 Å². The lowest BCUT2D eigenvalue weighted by Gasteiger charge is -2.20. The largest absolute Gasteiger partial charge is 0.370 e. The first kappa shape index (κ1) is 21.0. The molecule has 1 fully saturated rings. The maximum Gasteiger partial charge on any atom is 0.268 e. The number of anilines is 2. The van der Waals surface area contributed by atoms with Crippen LogP contribution in [0, 0.1) is 5.92 Å². The minimum atomic E-state index is -0.436. The van der Waals surface area contributed by atoms with E-state index in [2.05, 4.69) is 15.6 Å². The molecule has 0 radical (unpaired) electrons. The van der Waals surface area contributed by atoms with Gasteiger partial charge < -0.3 is 15.6 Å². The number of hydrogen-bond acceptors (Lipinski definition) is 5. The van der Waals surface area contributed by atoms with Crippen molar-refractivity contribution in [2.24, 2.45) is 11.7 Å². The number of nitrogens with zero attached hydrogens (tertiary/aromatic N) is 2. The van der Waals surface area contributed by atoms with Crippen molar-refractivity contribution in [3.05, 3.63) is 40.6 Å². The molecule has 9 heteroatoms. The monoisotopic (exact) mass is 439 g/mol. The molecule has 0 saturated heterocycles. The molecule has 1 aliphatic rings. The highest BCUT2D eigenvalue weighted by Crippen LogP contribution is 2.27. The second-order valence-electron chi connectivity index (χ2n) is 7.76. The van der Waals surface area contributed by atoms with E-state index in [-0.39, 0.29) is 24.2 Å². The van der Waals surface area contributed by atoms with Crippen molar-refractivity contribution in [2.45, 2.75) is 45.1 Å². The van der Waals surface area contributed by atoms with E-state index in [0.29, 0.717) is 28.6 Å². The Morgan fingerprint density at radius 1 is 1.13 bits per heavy atom. The van der Waals surface area contributed by atoms with Gasteiger partial charge in [-0.15, -0.1) is 11.3 Å². The summed E-state index contributed by atoms with van der Waals surface area (Å²) in [7, 11) is 0. The molecular weight excluding hydrogens is 414 g/mol. The van der Waals surface area contributed by atoms with Crippen LogP contribution in [0.1, 0.15) is 48.2 Å². The van der Waals surface area contributed by atoms with Gasteiger partial charge in [-0.05, 0) is 42.5 Å². The molecule has 1 aliphatic carbocycles. The van der Waals surface area contributed by atoms with Crippen LogP contribution in [0.25, 0.3) is 11.0 Å². The highest BCUT2D eigenvalue weighted by molar-refractivity contribution is 7.12. The predicted octanol–water partition coefficient (Wildman–Crippen LogP) is 3.74. The van der Waals surface area contributed by atoms with Gasteiger partial charge in [-0.3, -0.25) is 19.7 Å². The predicted molar refractivity (Wildman–Crippen MR) is 121 cm³/mol. The van der Waals surface area contributed by atoms with Crippen molar-refractivity contribution >= 4 is 51.7 Å². The lowest BCUT2D eigenvalue weighted by molar-refractivity contribution is -0.121. The number of thiophene rings is 1. The maximum atomic E-state index is 12.6. The third-order valence-corrected chi connectivity index (χ3v) is 6.41. The van der Waals surface area contributed by atoms with Crippen LogP contribution in [0.15, 0.2) is 35.7 Å². The second kappa shape index (κ2) is 9.30. The molecule has 3 amide bonds. The topological polar surface area (TPSA) is 119 Å². The summed E-state index contributed by atoms with van der Waals surface area (Å²) in [5, 5.41) is 7.65. The van der Waals surface area contributed by atoms with Crippen molar-refractivity contribution in [3.8, 4) is 0 Å². The molecule has 4 N–H and O–H groups in total. The number of nitrogens with one attached hydrogen (secondary N) is 2. The van der Waals surface area contributed by atoms with Crippen LogP contribution >= 0.6 is 11.3 Å². The first-order valence-corrected chi connectivity index (χ1v) is 11.3. The Hall–Kier alpha value is -3.20. The molecule has 3 aromatic rings. The number of imidazole rings is 1. The summed E-state index contributed by atoms with van der Waals surface area (Å²) in [5.74, 6) is -0.271. The smallest absolute Gasteiger partial charge is 0.268 e. The second-order valence-corrected chi connectivity index (χ2v) is 8.71. The fraction of sp³-hybridized carbons (Fsp3) is 0.364. The van der Waals surface area contributed by atoms with E-state index in [9.17, 15) is 14.4 Å². The van der Waals surface area contributed by atoms with Crippen LogP contribution in [0.5, 0.6) is 0 Å². The van der Waals surface area contributed by atoms with Crippen LogP contribution < -0.4 is 16.4 Å². The first-order valence-electron chi connectivity index (χ1n) is 10.5. The number of carbonyl (C=O) groups excluding carboxylic acids is 3. The Labute approximate surface area is 183 Å². The quantitative estimate of drug-likeness (QED) is 0.519. The number of carbonyl (C=O) groups is 3. The molecule has 8 nitrogen and oxygen atoms in total. The molecule has 0 bridgehead atoms. The van der Waals surface area contributed by atoms with Gasteiger partial charge in [0.1, 0.15) is 0 Å². The standard InChI is InChI=1S/C22H25N5O3S/c23-19(28)10-11-27-17-9-8-15(24-20(29)14-5-2-1-3-6-14)13-16(17)25-22(27)26-21(30)18-7-4-12-31-18/h4,7-9,12-14H,1-3,5-6,10-11H2,(H2,23,28)(H,24,29)(H,25,26,30). The van der Waals surface area contributed by atoms with E-state index in [1.807, 2.05) is 17.5 Å². The molecular formula is C22H25N5O3S. The summed E-state index contributed by atoms with van der Waals surface area (Å²) >= 11 is 1.33. The van der Waals surface area contributed by atoms with Crippen LogP contribution in [0.3, 0.4) is 0 Å². The lowest BCUT2D eigenvalue weighted by atomic mass is 9.88. The van der Waals surface area contributed by atoms with E-state index < -0.39 is 5.91 Å². The van der Waals surface area contributed by atoms with E-state index in [1.165, 1.54) is 17.8 Å². The first-order chi connectivity index (χ1) is 15.0. The lowest BCUT2D eigenvalue weighted by Crippen LogP contribution is -2.24. The van der Waals surface area contributed by atoms with E-state index in [4.69, 9.17) is 5.73 Å². The zero-order chi connectivity index (χ0) is 21.8. The summed E-state index contributed by atoms with van der Waals surface area (Å²) in [6.45, 7) is 0.291. The van der Waals surface area contributed by atoms with E-state index >= 15 is 0 Å². The Morgan fingerprint density at radius 2 is 1.94 bits per heavy atom. The van der Waals surface area contributed by atoms with Gasteiger partial charge in [-0.2, -0.15) is 0 Å². The molecule has 0 unspecified atom stereocenters. The van der Waals surface area contributed by atoms with E-state index in [1.54, 1.807) is 22.8 Å². The van der Waals surface area contributed by atoms with Gasteiger partial charge in [0, 0.05) is 24.6 Å². The maximum absolute atomic E-state index is 12.6. The Kier molecular flexibility index (Phi) is 6.31. The molecule has 0 aliphatic heterocycles. The molecule has 2 heterocycles. The van der Waals surface area contributed by atoms with Crippen molar-refractivity contribution in [3.63, 3.8) is 0 Å². The molecule has 0 spiro atoms. The Balaban J connectivity index is 1.59. The molecule has 4 rings (SSSR count). The summed E-state index contributed by atoms with van der Waals surface area (Å²) in [6, 6.07) is 8.97. The highest BCUT2D eigenvalue weighted by Gasteiger charge is 2.22. The zero-order valence-corrected chi connectivity index (χ0v) is 17.9.